The highest BCUT2D eigenvalue weighted by Gasteiger charge is 2.42. The number of carbonyl (C=O) groups is 2. The fourth-order valence-electron chi connectivity index (χ4n) is 5.42. The molecule has 4 aromatic rings. The molecule has 1 amide bonds. The highest BCUT2D eigenvalue weighted by Crippen LogP contribution is 2.44. The average molecular weight is 570 g/mol. The Morgan fingerprint density at radius 1 is 1.07 bits per heavy atom. The van der Waals surface area contributed by atoms with E-state index >= 15 is 0 Å². The second-order valence-electron chi connectivity index (χ2n) is 9.99. The molecular formula is C31H31N5O4S. The molecule has 0 unspecified atom stereocenters. The number of carboxylic acids is 1. The molecule has 0 spiro atoms. The molecule has 0 bridgehead atoms. The topological polar surface area (TPSA) is 109 Å². The first-order chi connectivity index (χ1) is 19.7. The van der Waals surface area contributed by atoms with Gasteiger partial charge in [0.15, 0.2) is 5.11 Å². The zero-order valence-electron chi connectivity index (χ0n) is 23.2. The molecule has 10 heteroatoms. The lowest BCUT2D eigenvalue weighted by molar-refractivity contribution is -0.119. The number of aromatic carboxylic acids is 1. The molecule has 41 heavy (non-hydrogen) atoms. The third kappa shape index (κ3) is 5.44. The molecule has 1 saturated heterocycles. The predicted molar refractivity (Wildman–Crippen MR) is 162 cm³/mol. The number of anilines is 2. The normalized spacial score (nSPS) is 16.5. The number of aromatic nitrogens is 2. The van der Waals surface area contributed by atoms with Crippen LogP contribution in [0.25, 0.3) is 5.69 Å². The quantitative estimate of drug-likeness (QED) is 0.247. The number of thiocarbonyl (C=S) groups is 1. The van der Waals surface area contributed by atoms with E-state index in [-0.39, 0.29) is 30.2 Å². The van der Waals surface area contributed by atoms with Crippen molar-refractivity contribution in [2.45, 2.75) is 32.9 Å². The number of ether oxygens (including phenoxy) is 1. The van der Waals surface area contributed by atoms with Gasteiger partial charge in [-0.3, -0.25) is 9.78 Å². The van der Waals surface area contributed by atoms with E-state index in [4.69, 9.17) is 17.0 Å². The van der Waals surface area contributed by atoms with Crippen LogP contribution in [0.2, 0.25) is 0 Å². The van der Waals surface area contributed by atoms with Crippen molar-refractivity contribution in [2.75, 3.05) is 23.9 Å². The minimum absolute atomic E-state index is 0.0276. The van der Waals surface area contributed by atoms with Crippen LogP contribution in [0, 0.1) is 20.8 Å². The average Bonchev–Trinajstić information content (AvgIpc) is 3.44. The van der Waals surface area contributed by atoms with Gasteiger partial charge in [-0.1, -0.05) is 12.1 Å². The van der Waals surface area contributed by atoms with Gasteiger partial charge in [-0.2, -0.15) is 0 Å². The molecule has 5 rings (SSSR count). The molecule has 2 aromatic carbocycles. The zero-order chi connectivity index (χ0) is 29.3. The summed E-state index contributed by atoms with van der Waals surface area (Å²) >= 11 is 5.89. The van der Waals surface area contributed by atoms with Crippen molar-refractivity contribution < 1.29 is 19.4 Å². The lowest BCUT2D eigenvalue weighted by atomic mass is 9.96. The fourth-order valence-corrected chi connectivity index (χ4v) is 5.77. The lowest BCUT2D eigenvalue weighted by Crippen LogP contribution is -2.29. The van der Waals surface area contributed by atoms with Crippen molar-refractivity contribution in [2.24, 2.45) is 0 Å². The molecule has 3 heterocycles. The molecule has 9 nitrogen and oxygen atoms in total. The van der Waals surface area contributed by atoms with E-state index in [2.05, 4.69) is 31.2 Å². The van der Waals surface area contributed by atoms with Crippen LogP contribution >= 0.6 is 12.2 Å². The highest BCUT2D eigenvalue weighted by atomic mass is 32.1. The summed E-state index contributed by atoms with van der Waals surface area (Å²) in [6.45, 7) is 6.00. The minimum atomic E-state index is -0.970. The maximum Gasteiger partial charge on any atom is 0.335 e. The first kappa shape index (κ1) is 28.0. The van der Waals surface area contributed by atoms with Gasteiger partial charge in [0.1, 0.15) is 6.61 Å². The smallest absolute Gasteiger partial charge is 0.335 e. The largest absolute Gasteiger partial charge is 0.478 e. The Labute approximate surface area is 243 Å². The number of carbonyl (C=O) groups excluding carboxylic acids is 1. The standard InChI is InChI=1S/C31H31N5O4S/c1-18-8-9-21(30(38)39)16-26(18)35-19(2)15-24(20(35)3)29-28(25-7-5-6-14-32-25)34-31(41)36(29)23-12-10-22(11-13-23)33-27(37)17-40-4/h5-16,28-29H,17H2,1-4H3,(H,33,37)(H,34,41)(H,38,39)/t28-,29+/m0/s1. The Morgan fingerprint density at radius 3 is 2.49 bits per heavy atom. The van der Waals surface area contributed by atoms with Crippen LogP contribution in [0.3, 0.4) is 0 Å². The summed E-state index contributed by atoms with van der Waals surface area (Å²) in [5.41, 5.74) is 7.33. The SMILES string of the molecule is COCC(=O)Nc1ccc(N2C(=S)N[C@@H](c3ccccn3)[C@H]2c2cc(C)n(-c3cc(C(=O)O)ccc3C)c2C)cc1. The van der Waals surface area contributed by atoms with Gasteiger partial charge in [0, 0.05) is 41.8 Å². The Kier molecular flexibility index (Phi) is 7.87. The molecule has 2 atom stereocenters. The Bertz CT molecular complexity index is 1620. The van der Waals surface area contributed by atoms with E-state index in [9.17, 15) is 14.7 Å². The van der Waals surface area contributed by atoms with Crippen molar-refractivity contribution in [3.63, 3.8) is 0 Å². The molecule has 1 aliphatic heterocycles. The van der Waals surface area contributed by atoms with Crippen LogP contribution in [0.5, 0.6) is 0 Å². The Morgan fingerprint density at radius 2 is 1.83 bits per heavy atom. The molecule has 2 aromatic heterocycles. The molecule has 1 fully saturated rings. The van der Waals surface area contributed by atoms with Crippen molar-refractivity contribution in [1.82, 2.24) is 14.9 Å². The van der Waals surface area contributed by atoms with E-state index in [1.54, 1.807) is 18.3 Å². The Balaban J connectivity index is 1.61. The number of aryl methyl sites for hydroxylation is 2. The number of rotatable bonds is 8. The molecule has 210 valence electrons. The van der Waals surface area contributed by atoms with Crippen LogP contribution in [0.15, 0.2) is 72.9 Å². The lowest BCUT2D eigenvalue weighted by Gasteiger charge is -2.28. The summed E-state index contributed by atoms with van der Waals surface area (Å²) in [6, 6.07) is 20.1. The third-order valence-corrected chi connectivity index (χ3v) is 7.60. The van der Waals surface area contributed by atoms with Gasteiger partial charge >= 0.3 is 5.97 Å². The van der Waals surface area contributed by atoms with Crippen molar-refractivity contribution >= 4 is 40.6 Å². The number of hydrogen-bond acceptors (Lipinski definition) is 5. The van der Waals surface area contributed by atoms with E-state index in [0.717, 1.165) is 39.6 Å². The van der Waals surface area contributed by atoms with Gasteiger partial charge < -0.3 is 29.9 Å². The number of nitrogens with one attached hydrogen (secondary N) is 2. The van der Waals surface area contributed by atoms with Crippen molar-refractivity contribution in [3.8, 4) is 5.69 Å². The van der Waals surface area contributed by atoms with Crippen LogP contribution in [-0.4, -0.2) is 45.4 Å². The first-order valence-electron chi connectivity index (χ1n) is 13.1. The third-order valence-electron chi connectivity index (χ3n) is 7.29. The first-order valence-corrected chi connectivity index (χ1v) is 13.5. The maximum absolute atomic E-state index is 12.0. The number of benzene rings is 2. The summed E-state index contributed by atoms with van der Waals surface area (Å²) in [7, 11) is 1.48. The van der Waals surface area contributed by atoms with Gasteiger partial charge in [0.25, 0.3) is 0 Å². The van der Waals surface area contributed by atoms with Gasteiger partial charge in [-0.15, -0.1) is 0 Å². The molecule has 3 N–H and O–H groups in total. The van der Waals surface area contributed by atoms with E-state index in [0.29, 0.717) is 10.8 Å². The van der Waals surface area contributed by atoms with Crippen LogP contribution in [0.4, 0.5) is 11.4 Å². The summed E-state index contributed by atoms with van der Waals surface area (Å²) < 4.78 is 7.01. The number of methoxy groups -OCH3 is 1. The summed E-state index contributed by atoms with van der Waals surface area (Å²) in [5, 5.41) is 16.5. The number of hydrogen-bond donors (Lipinski definition) is 3. The number of amides is 1. The van der Waals surface area contributed by atoms with Crippen molar-refractivity contribution in [3.05, 3.63) is 107 Å². The molecule has 0 aliphatic carbocycles. The van der Waals surface area contributed by atoms with E-state index in [1.807, 2.05) is 69.3 Å². The molecule has 1 aliphatic rings. The minimum Gasteiger partial charge on any atom is -0.478 e. The second-order valence-corrected chi connectivity index (χ2v) is 10.4. The number of pyridine rings is 1. The maximum atomic E-state index is 12.0. The van der Waals surface area contributed by atoms with Gasteiger partial charge in [0.2, 0.25) is 5.91 Å². The predicted octanol–water partition coefficient (Wildman–Crippen LogP) is 5.26. The van der Waals surface area contributed by atoms with Gasteiger partial charge in [-0.05, 0) is 98.7 Å². The summed E-state index contributed by atoms with van der Waals surface area (Å²) in [5.74, 6) is -1.20. The van der Waals surface area contributed by atoms with Crippen LogP contribution in [-0.2, 0) is 9.53 Å². The van der Waals surface area contributed by atoms with Crippen LogP contribution in [0.1, 0.15) is 50.7 Å². The second kappa shape index (κ2) is 11.5. The monoisotopic (exact) mass is 569 g/mol. The summed E-state index contributed by atoms with van der Waals surface area (Å²) in [4.78, 5) is 30.5. The Hall–Kier alpha value is -4.54. The molecular weight excluding hydrogens is 538 g/mol. The van der Waals surface area contributed by atoms with Crippen molar-refractivity contribution in [1.29, 1.82) is 0 Å². The summed E-state index contributed by atoms with van der Waals surface area (Å²) in [6.07, 6.45) is 1.77. The van der Waals surface area contributed by atoms with Crippen LogP contribution < -0.4 is 15.5 Å². The molecule has 0 radical (unpaired) electrons. The van der Waals surface area contributed by atoms with E-state index in [1.165, 1.54) is 7.11 Å². The zero-order valence-corrected chi connectivity index (χ0v) is 24.0. The fraction of sp³-hybridized carbons (Fsp3) is 0.226. The molecule has 0 saturated carbocycles. The highest BCUT2D eigenvalue weighted by molar-refractivity contribution is 7.80. The number of nitrogens with zero attached hydrogens (tertiary/aromatic N) is 3. The number of carboxylic acid groups (broad SMARTS) is 1. The van der Waals surface area contributed by atoms with Gasteiger partial charge in [-0.25, -0.2) is 4.79 Å². The van der Waals surface area contributed by atoms with Gasteiger partial charge in [0.05, 0.1) is 23.3 Å². The van der Waals surface area contributed by atoms with E-state index < -0.39 is 5.97 Å².